The van der Waals surface area contributed by atoms with Gasteiger partial charge < -0.3 is 9.47 Å². The first kappa shape index (κ1) is 20.1. The molecule has 0 spiro atoms. The molecule has 0 fully saturated rings. The second kappa shape index (κ2) is 7.55. The zero-order valence-corrected chi connectivity index (χ0v) is 15.1. The Hall–Kier alpha value is -2.26. The van der Waals surface area contributed by atoms with Crippen molar-refractivity contribution in [3.05, 3.63) is 53.6 Å². The molecule has 142 valence electrons. The van der Waals surface area contributed by atoms with E-state index in [0.717, 1.165) is 12.1 Å². The van der Waals surface area contributed by atoms with Crippen LogP contribution in [0, 0.1) is 0 Å². The number of hydrogen-bond acceptors (Lipinski definition) is 4. The third-order valence-electron chi connectivity index (χ3n) is 3.74. The molecular weight excluding hydrogens is 371 g/mol. The van der Waals surface area contributed by atoms with Gasteiger partial charge in [0.1, 0.15) is 0 Å². The average molecular weight is 389 g/mol. The highest BCUT2D eigenvalue weighted by molar-refractivity contribution is 7.89. The number of hydrogen-bond donors (Lipinski definition) is 1. The lowest BCUT2D eigenvalue weighted by molar-refractivity contribution is -0.137. The van der Waals surface area contributed by atoms with E-state index in [1.807, 2.05) is 0 Å². The topological polar surface area (TPSA) is 64.6 Å². The number of alkyl halides is 3. The van der Waals surface area contributed by atoms with Crippen molar-refractivity contribution in [2.75, 3.05) is 14.2 Å². The minimum absolute atomic E-state index is 0.0473. The number of ether oxygens (including phenoxy) is 2. The molecule has 0 saturated carbocycles. The molecule has 1 atom stereocenters. The maximum atomic E-state index is 12.6. The van der Waals surface area contributed by atoms with Crippen LogP contribution < -0.4 is 14.2 Å². The fourth-order valence-corrected chi connectivity index (χ4v) is 3.56. The van der Waals surface area contributed by atoms with Crippen molar-refractivity contribution in [3.63, 3.8) is 0 Å². The van der Waals surface area contributed by atoms with E-state index in [9.17, 15) is 21.6 Å². The van der Waals surface area contributed by atoms with Gasteiger partial charge in [-0.25, -0.2) is 13.1 Å². The fraction of sp³-hybridized carbons (Fsp3) is 0.294. The van der Waals surface area contributed by atoms with Crippen molar-refractivity contribution in [2.45, 2.75) is 24.0 Å². The molecule has 0 aliphatic carbocycles. The van der Waals surface area contributed by atoms with Crippen LogP contribution >= 0.6 is 0 Å². The Bertz CT molecular complexity index is 865. The van der Waals surface area contributed by atoms with E-state index in [-0.39, 0.29) is 10.6 Å². The minimum atomic E-state index is -4.44. The molecule has 0 heterocycles. The zero-order chi connectivity index (χ0) is 19.5. The lowest BCUT2D eigenvalue weighted by Gasteiger charge is -2.16. The largest absolute Gasteiger partial charge is 0.493 e. The second-order valence-corrected chi connectivity index (χ2v) is 7.19. The molecule has 0 aromatic heterocycles. The summed E-state index contributed by atoms with van der Waals surface area (Å²) in [5, 5.41) is 0. The van der Waals surface area contributed by atoms with Gasteiger partial charge in [-0.05, 0) is 36.8 Å². The molecule has 26 heavy (non-hydrogen) atoms. The Balaban J connectivity index is 2.23. The third kappa shape index (κ3) is 4.47. The summed E-state index contributed by atoms with van der Waals surface area (Å²) in [7, 11) is -1.10. The van der Waals surface area contributed by atoms with Gasteiger partial charge in [-0.1, -0.05) is 12.1 Å². The fourth-order valence-electron chi connectivity index (χ4n) is 2.31. The van der Waals surface area contributed by atoms with Crippen molar-refractivity contribution in [2.24, 2.45) is 0 Å². The molecule has 0 amide bonds. The predicted octanol–water partition coefficient (Wildman–Crippen LogP) is 3.76. The summed E-state index contributed by atoms with van der Waals surface area (Å²) < 4.78 is 75.5. The van der Waals surface area contributed by atoms with Gasteiger partial charge in [0.25, 0.3) is 0 Å². The summed E-state index contributed by atoms with van der Waals surface area (Å²) >= 11 is 0. The van der Waals surface area contributed by atoms with E-state index >= 15 is 0 Å². The first-order chi connectivity index (χ1) is 12.1. The van der Waals surface area contributed by atoms with Crippen molar-refractivity contribution in [3.8, 4) is 11.5 Å². The Morgan fingerprint density at radius 2 is 1.54 bits per heavy atom. The molecule has 1 unspecified atom stereocenters. The number of sulfonamides is 1. The molecule has 5 nitrogen and oxygen atoms in total. The van der Waals surface area contributed by atoms with E-state index in [1.54, 1.807) is 6.92 Å². The van der Waals surface area contributed by atoms with Gasteiger partial charge in [0.2, 0.25) is 10.0 Å². The van der Waals surface area contributed by atoms with Crippen molar-refractivity contribution in [1.29, 1.82) is 0 Å². The normalized spacial score (nSPS) is 13.3. The van der Waals surface area contributed by atoms with E-state index in [0.29, 0.717) is 11.3 Å². The SMILES string of the molecule is COc1ccc(S(=O)(=O)NC(C)c2ccc(C(F)(F)F)cc2)cc1OC. The lowest BCUT2D eigenvalue weighted by Crippen LogP contribution is -2.27. The molecule has 0 bridgehead atoms. The third-order valence-corrected chi connectivity index (χ3v) is 5.27. The predicted molar refractivity (Wildman–Crippen MR) is 89.7 cm³/mol. The van der Waals surface area contributed by atoms with Crippen LogP contribution in [0.4, 0.5) is 13.2 Å². The van der Waals surface area contributed by atoms with Gasteiger partial charge in [0.15, 0.2) is 11.5 Å². The van der Waals surface area contributed by atoms with Gasteiger partial charge in [-0.15, -0.1) is 0 Å². The monoisotopic (exact) mass is 389 g/mol. The van der Waals surface area contributed by atoms with Gasteiger partial charge >= 0.3 is 6.18 Å². The van der Waals surface area contributed by atoms with E-state index in [2.05, 4.69) is 4.72 Å². The Morgan fingerprint density at radius 1 is 0.962 bits per heavy atom. The number of nitrogens with one attached hydrogen (secondary N) is 1. The quantitative estimate of drug-likeness (QED) is 0.817. The molecule has 0 aliphatic heterocycles. The van der Waals surface area contributed by atoms with Crippen molar-refractivity contribution in [1.82, 2.24) is 4.72 Å². The zero-order valence-electron chi connectivity index (χ0n) is 14.3. The van der Waals surface area contributed by atoms with E-state index < -0.39 is 27.8 Å². The summed E-state index contributed by atoms with van der Waals surface area (Å²) in [4.78, 5) is -0.0473. The first-order valence-corrected chi connectivity index (χ1v) is 8.98. The first-order valence-electron chi connectivity index (χ1n) is 7.50. The second-order valence-electron chi connectivity index (χ2n) is 5.48. The summed E-state index contributed by atoms with van der Waals surface area (Å²) in [5.41, 5.74) is -0.391. The van der Waals surface area contributed by atoms with Gasteiger partial charge in [0, 0.05) is 12.1 Å². The molecule has 2 aromatic carbocycles. The van der Waals surface area contributed by atoms with E-state index in [4.69, 9.17) is 9.47 Å². The van der Waals surface area contributed by atoms with Crippen LogP contribution in [0.2, 0.25) is 0 Å². The molecule has 2 aromatic rings. The van der Waals surface area contributed by atoms with Crippen LogP contribution in [0.25, 0.3) is 0 Å². The highest BCUT2D eigenvalue weighted by Gasteiger charge is 2.30. The van der Waals surface area contributed by atoms with Crippen LogP contribution in [0.5, 0.6) is 11.5 Å². The molecule has 2 rings (SSSR count). The lowest BCUT2D eigenvalue weighted by atomic mass is 10.1. The minimum Gasteiger partial charge on any atom is -0.493 e. The summed E-state index contributed by atoms with van der Waals surface area (Å²) in [5.74, 6) is 0.625. The Morgan fingerprint density at radius 3 is 2.04 bits per heavy atom. The number of methoxy groups -OCH3 is 2. The average Bonchev–Trinajstić information content (AvgIpc) is 2.60. The molecule has 9 heteroatoms. The smallest absolute Gasteiger partial charge is 0.416 e. The van der Waals surface area contributed by atoms with Crippen LogP contribution in [-0.2, 0) is 16.2 Å². The van der Waals surface area contributed by atoms with E-state index in [1.165, 1.54) is 44.6 Å². The molecule has 1 N–H and O–H groups in total. The molecule has 0 saturated heterocycles. The Kier molecular flexibility index (Phi) is 5.82. The van der Waals surface area contributed by atoms with Gasteiger partial charge in [0.05, 0.1) is 24.7 Å². The van der Waals surface area contributed by atoms with Crippen molar-refractivity contribution >= 4 is 10.0 Å². The number of halogens is 3. The van der Waals surface area contributed by atoms with Crippen LogP contribution in [-0.4, -0.2) is 22.6 Å². The molecular formula is C17H18F3NO4S. The van der Waals surface area contributed by atoms with Gasteiger partial charge in [-0.3, -0.25) is 0 Å². The molecule has 0 aliphatic rings. The summed E-state index contributed by atoms with van der Waals surface area (Å²) in [6.45, 7) is 1.54. The Labute approximate surface area is 149 Å². The van der Waals surface area contributed by atoms with Crippen LogP contribution in [0.3, 0.4) is 0 Å². The molecule has 0 radical (unpaired) electrons. The van der Waals surface area contributed by atoms with Crippen LogP contribution in [0.1, 0.15) is 24.1 Å². The number of rotatable bonds is 6. The van der Waals surface area contributed by atoms with Crippen molar-refractivity contribution < 1.29 is 31.1 Å². The van der Waals surface area contributed by atoms with Gasteiger partial charge in [-0.2, -0.15) is 13.2 Å². The summed E-state index contributed by atoms with van der Waals surface area (Å²) in [6.07, 6.45) is -4.44. The highest BCUT2D eigenvalue weighted by atomic mass is 32.2. The summed E-state index contributed by atoms with van der Waals surface area (Å²) in [6, 6.07) is 7.69. The standard InChI is InChI=1S/C17H18F3NO4S/c1-11(12-4-6-13(7-5-12)17(18,19)20)21-26(22,23)14-8-9-15(24-2)16(10-14)25-3/h4-11,21H,1-3H3. The maximum absolute atomic E-state index is 12.6. The highest BCUT2D eigenvalue weighted by Crippen LogP contribution is 2.31. The maximum Gasteiger partial charge on any atom is 0.416 e. The number of benzene rings is 2. The van der Waals surface area contributed by atoms with Crippen LogP contribution in [0.15, 0.2) is 47.4 Å².